The zero-order valence-electron chi connectivity index (χ0n) is 11.2. The molecule has 2 rings (SSSR count). The van der Waals surface area contributed by atoms with Gasteiger partial charge in [0.1, 0.15) is 10.7 Å². The molecule has 0 aliphatic heterocycles. The molecular formula is C13H14N4O3S. The number of sulfonamides is 1. The van der Waals surface area contributed by atoms with Gasteiger partial charge >= 0.3 is 0 Å². The first-order valence-electron chi connectivity index (χ1n) is 5.99. The summed E-state index contributed by atoms with van der Waals surface area (Å²) in [5.74, 6) is 0.0462. The summed E-state index contributed by atoms with van der Waals surface area (Å²) < 4.78 is 26.6. The van der Waals surface area contributed by atoms with Gasteiger partial charge in [0.25, 0.3) is 10.0 Å². The summed E-state index contributed by atoms with van der Waals surface area (Å²) in [5, 5.41) is 2.59. The number of anilines is 3. The summed E-state index contributed by atoms with van der Waals surface area (Å²) in [4.78, 5) is 14.7. The van der Waals surface area contributed by atoms with Crippen LogP contribution in [0.2, 0.25) is 0 Å². The van der Waals surface area contributed by atoms with Gasteiger partial charge in [-0.15, -0.1) is 0 Å². The maximum atomic E-state index is 12.1. The number of rotatable bonds is 4. The molecule has 0 bridgehead atoms. The third-order valence-electron chi connectivity index (χ3n) is 2.53. The number of aromatic nitrogens is 1. The Morgan fingerprint density at radius 1 is 1.10 bits per heavy atom. The number of nitrogen functional groups attached to an aromatic ring is 1. The van der Waals surface area contributed by atoms with E-state index >= 15 is 0 Å². The Hall–Kier alpha value is -2.61. The van der Waals surface area contributed by atoms with Crippen LogP contribution >= 0.6 is 0 Å². The molecule has 110 valence electrons. The normalized spacial score (nSPS) is 10.9. The van der Waals surface area contributed by atoms with E-state index in [4.69, 9.17) is 5.73 Å². The molecule has 7 nitrogen and oxygen atoms in total. The van der Waals surface area contributed by atoms with Gasteiger partial charge in [0.2, 0.25) is 5.91 Å². The Balaban J connectivity index is 2.16. The van der Waals surface area contributed by atoms with E-state index in [0.29, 0.717) is 11.4 Å². The Bertz CT molecular complexity index is 740. The molecule has 1 aromatic carbocycles. The van der Waals surface area contributed by atoms with Crippen molar-refractivity contribution in [3.05, 3.63) is 42.6 Å². The SMILES string of the molecule is CC(=O)Nc1ccc(NS(=O)(=O)c2ccc(N)nc2)cc1. The molecule has 1 aromatic heterocycles. The summed E-state index contributed by atoms with van der Waals surface area (Å²) in [5.41, 5.74) is 6.38. The first kappa shape index (κ1) is 14.8. The van der Waals surface area contributed by atoms with Gasteiger partial charge in [-0.25, -0.2) is 13.4 Å². The fourth-order valence-electron chi connectivity index (χ4n) is 1.59. The lowest BCUT2D eigenvalue weighted by Crippen LogP contribution is -2.13. The standard InChI is InChI=1S/C13H14N4O3S/c1-9(18)16-10-2-4-11(5-3-10)17-21(19,20)12-6-7-13(14)15-8-12/h2-8,17H,1H3,(H2,14,15)(H,16,18). The van der Waals surface area contributed by atoms with Gasteiger partial charge in [0.15, 0.2) is 0 Å². The Morgan fingerprint density at radius 3 is 2.24 bits per heavy atom. The van der Waals surface area contributed by atoms with Crippen LogP contribution in [0.5, 0.6) is 0 Å². The third-order valence-corrected chi connectivity index (χ3v) is 3.89. The van der Waals surface area contributed by atoms with E-state index in [0.717, 1.165) is 0 Å². The quantitative estimate of drug-likeness (QED) is 0.790. The Morgan fingerprint density at radius 2 is 1.71 bits per heavy atom. The maximum absolute atomic E-state index is 12.1. The van der Waals surface area contributed by atoms with Crippen molar-refractivity contribution in [1.29, 1.82) is 0 Å². The topological polar surface area (TPSA) is 114 Å². The van der Waals surface area contributed by atoms with E-state index in [1.807, 2.05) is 0 Å². The average Bonchev–Trinajstić information content (AvgIpc) is 2.40. The predicted octanol–water partition coefficient (Wildman–Crippen LogP) is 1.42. The van der Waals surface area contributed by atoms with Gasteiger partial charge < -0.3 is 11.1 Å². The summed E-state index contributed by atoms with van der Waals surface area (Å²) in [6, 6.07) is 9.08. The van der Waals surface area contributed by atoms with Crippen LogP contribution in [0.15, 0.2) is 47.5 Å². The van der Waals surface area contributed by atoms with Crippen LogP contribution in [0.4, 0.5) is 17.2 Å². The minimum absolute atomic E-state index is 0.0163. The van der Waals surface area contributed by atoms with E-state index in [-0.39, 0.29) is 16.6 Å². The molecule has 2 aromatic rings. The number of benzene rings is 1. The van der Waals surface area contributed by atoms with E-state index in [9.17, 15) is 13.2 Å². The number of carbonyl (C=O) groups is 1. The van der Waals surface area contributed by atoms with E-state index in [1.54, 1.807) is 24.3 Å². The van der Waals surface area contributed by atoms with E-state index in [2.05, 4.69) is 15.0 Å². The Kier molecular flexibility index (Phi) is 4.08. The molecular weight excluding hydrogens is 292 g/mol. The molecule has 1 amide bonds. The fraction of sp³-hybridized carbons (Fsp3) is 0.0769. The number of pyridine rings is 1. The van der Waals surface area contributed by atoms with Gasteiger partial charge in [-0.05, 0) is 36.4 Å². The smallest absolute Gasteiger partial charge is 0.263 e. The number of hydrogen-bond acceptors (Lipinski definition) is 5. The number of carbonyl (C=O) groups excluding carboxylic acids is 1. The molecule has 0 atom stereocenters. The van der Waals surface area contributed by atoms with Crippen LogP contribution in [0.3, 0.4) is 0 Å². The molecule has 0 aliphatic carbocycles. The van der Waals surface area contributed by atoms with Crippen LogP contribution in [-0.4, -0.2) is 19.3 Å². The van der Waals surface area contributed by atoms with Gasteiger partial charge in [0.05, 0.1) is 0 Å². The van der Waals surface area contributed by atoms with Crippen molar-refractivity contribution < 1.29 is 13.2 Å². The first-order chi connectivity index (χ1) is 9.87. The van der Waals surface area contributed by atoms with Gasteiger partial charge in [-0.3, -0.25) is 9.52 Å². The minimum atomic E-state index is -3.72. The largest absolute Gasteiger partial charge is 0.384 e. The van der Waals surface area contributed by atoms with Crippen molar-refractivity contribution in [2.45, 2.75) is 11.8 Å². The van der Waals surface area contributed by atoms with Gasteiger partial charge in [0, 0.05) is 24.5 Å². The van der Waals surface area contributed by atoms with Crippen LogP contribution in [0, 0.1) is 0 Å². The highest BCUT2D eigenvalue weighted by molar-refractivity contribution is 7.92. The fourth-order valence-corrected chi connectivity index (χ4v) is 2.59. The second kappa shape index (κ2) is 5.80. The van der Waals surface area contributed by atoms with Crippen molar-refractivity contribution >= 4 is 33.1 Å². The van der Waals surface area contributed by atoms with Crippen LogP contribution in [0.25, 0.3) is 0 Å². The van der Waals surface area contributed by atoms with E-state index in [1.165, 1.54) is 25.3 Å². The summed E-state index contributed by atoms with van der Waals surface area (Å²) in [6.07, 6.45) is 1.18. The maximum Gasteiger partial charge on any atom is 0.263 e. The average molecular weight is 306 g/mol. The molecule has 0 radical (unpaired) electrons. The second-order valence-electron chi connectivity index (χ2n) is 4.28. The summed E-state index contributed by atoms with van der Waals surface area (Å²) in [7, 11) is -3.72. The molecule has 0 unspecified atom stereocenters. The predicted molar refractivity (Wildman–Crippen MR) is 80.2 cm³/mol. The molecule has 0 fully saturated rings. The number of hydrogen-bond donors (Lipinski definition) is 3. The van der Waals surface area contributed by atoms with Crippen molar-refractivity contribution in [3.8, 4) is 0 Å². The monoisotopic (exact) mass is 306 g/mol. The molecule has 0 aliphatic rings. The van der Waals surface area contributed by atoms with Crippen molar-refractivity contribution in [3.63, 3.8) is 0 Å². The zero-order valence-corrected chi connectivity index (χ0v) is 12.0. The number of nitrogens with zero attached hydrogens (tertiary/aromatic N) is 1. The van der Waals surface area contributed by atoms with Crippen LogP contribution < -0.4 is 15.8 Å². The highest BCUT2D eigenvalue weighted by atomic mass is 32.2. The van der Waals surface area contributed by atoms with Gasteiger partial charge in [-0.1, -0.05) is 0 Å². The third kappa shape index (κ3) is 3.93. The number of nitrogens with one attached hydrogen (secondary N) is 2. The minimum Gasteiger partial charge on any atom is -0.384 e. The highest BCUT2D eigenvalue weighted by Crippen LogP contribution is 2.18. The van der Waals surface area contributed by atoms with Crippen molar-refractivity contribution in [2.24, 2.45) is 0 Å². The van der Waals surface area contributed by atoms with Crippen molar-refractivity contribution in [1.82, 2.24) is 4.98 Å². The van der Waals surface area contributed by atoms with Crippen LogP contribution in [-0.2, 0) is 14.8 Å². The molecule has 0 spiro atoms. The summed E-state index contributed by atoms with van der Waals surface area (Å²) in [6.45, 7) is 1.39. The second-order valence-corrected chi connectivity index (χ2v) is 5.97. The highest BCUT2D eigenvalue weighted by Gasteiger charge is 2.14. The number of amides is 1. The van der Waals surface area contributed by atoms with Crippen molar-refractivity contribution in [2.75, 3.05) is 15.8 Å². The number of nitrogens with two attached hydrogens (primary N) is 1. The molecule has 0 saturated heterocycles. The molecule has 4 N–H and O–H groups in total. The molecule has 21 heavy (non-hydrogen) atoms. The lowest BCUT2D eigenvalue weighted by molar-refractivity contribution is -0.114. The Labute approximate surface area is 122 Å². The first-order valence-corrected chi connectivity index (χ1v) is 7.47. The summed E-state index contributed by atoms with van der Waals surface area (Å²) >= 11 is 0. The molecule has 1 heterocycles. The molecule has 8 heteroatoms. The van der Waals surface area contributed by atoms with Gasteiger partial charge in [-0.2, -0.15) is 0 Å². The zero-order chi connectivity index (χ0) is 15.5. The van der Waals surface area contributed by atoms with E-state index < -0.39 is 10.0 Å². The lowest BCUT2D eigenvalue weighted by atomic mass is 10.3. The van der Waals surface area contributed by atoms with Crippen LogP contribution in [0.1, 0.15) is 6.92 Å². The molecule has 0 saturated carbocycles. The lowest BCUT2D eigenvalue weighted by Gasteiger charge is -2.09.